The van der Waals surface area contributed by atoms with Crippen LogP contribution in [0.5, 0.6) is 0 Å². The highest BCUT2D eigenvalue weighted by Crippen LogP contribution is 2.15. The Kier molecular flexibility index (Phi) is 5.16. The van der Waals surface area contributed by atoms with Crippen molar-refractivity contribution in [2.45, 2.75) is 40.2 Å². The number of amides is 1. The summed E-state index contributed by atoms with van der Waals surface area (Å²) in [6, 6.07) is 7.41. The number of nitrogens with one attached hydrogen (secondary N) is 1. The van der Waals surface area contributed by atoms with Crippen molar-refractivity contribution in [1.29, 1.82) is 0 Å². The molecule has 0 fully saturated rings. The lowest BCUT2D eigenvalue weighted by Gasteiger charge is -2.15. The Labute approximate surface area is 156 Å². The Morgan fingerprint density at radius 1 is 1.26 bits per heavy atom. The van der Waals surface area contributed by atoms with Gasteiger partial charge in [0.2, 0.25) is 0 Å². The van der Waals surface area contributed by atoms with Crippen LogP contribution in [0.3, 0.4) is 0 Å². The SMILES string of the molecule is Cc1cccc(NC(=O)[C@H](C)OC(=O)Cc2c(C)nc3ncnn3c2C)c1. The van der Waals surface area contributed by atoms with Crippen LogP contribution >= 0.6 is 0 Å². The maximum atomic E-state index is 12.3. The molecule has 3 aromatic rings. The number of hydrogen-bond acceptors (Lipinski definition) is 6. The fraction of sp³-hybridized carbons (Fsp3) is 0.316. The van der Waals surface area contributed by atoms with Gasteiger partial charge in [-0.2, -0.15) is 10.1 Å². The minimum Gasteiger partial charge on any atom is -0.452 e. The zero-order valence-corrected chi connectivity index (χ0v) is 15.7. The van der Waals surface area contributed by atoms with Gasteiger partial charge in [0, 0.05) is 22.6 Å². The summed E-state index contributed by atoms with van der Waals surface area (Å²) in [5, 5.41) is 6.84. The Hall–Kier alpha value is -3.29. The summed E-state index contributed by atoms with van der Waals surface area (Å²) in [5.41, 5.74) is 3.85. The van der Waals surface area contributed by atoms with Crippen LogP contribution < -0.4 is 5.32 Å². The molecule has 1 atom stereocenters. The van der Waals surface area contributed by atoms with Gasteiger partial charge in [0.1, 0.15) is 6.33 Å². The minimum atomic E-state index is -0.915. The first-order valence-corrected chi connectivity index (χ1v) is 8.58. The second-order valence-corrected chi connectivity index (χ2v) is 6.40. The maximum absolute atomic E-state index is 12.3. The zero-order chi connectivity index (χ0) is 19.6. The van der Waals surface area contributed by atoms with E-state index in [0.717, 1.165) is 11.3 Å². The summed E-state index contributed by atoms with van der Waals surface area (Å²) in [4.78, 5) is 33.0. The highest BCUT2D eigenvalue weighted by Gasteiger charge is 2.20. The number of benzene rings is 1. The molecule has 27 heavy (non-hydrogen) atoms. The smallest absolute Gasteiger partial charge is 0.311 e. The summed E-state index contributed by atoms with van der Waals surface area (Å²) in [6.45, 7) is 7.12. The minimum absolute atomic E-state index is 0.00251. The second-order valence-electron chi connectivity index (χ2n) is 6.40. The van der Waals surface area contributed by atoms with Crippen LogP contribution in [-0.2, 0) is 20.7 Å². The molecule has 0 spiro atoms. The lowest BCUT2D eigenvalue weighted by Crippen LogP contribution is -2.30. The van der Waals surface area contributed by atoms with Crippen molar-refractivity contribution >= 4 is 23.3 Å². The number of ether oxygens (including phenoxy) is 1. The molecule has 0 radical (unpaired) electrons. The van der Waals surface area contributed by atoms with E-state index in [1.54, 1.807) is 24.4 Å². The number of carbonyl (C=O) groups excluding carboxylic acids is 2. The number of carbonyl (C=O) groups is 2. The molecule has 0 aliphatic heterocycles. The predicted octanol–water partition coefficient (Wildman–Crippen LogP) is 2.16. The van der Waals surface area contributed by atoms with E-state index in [2.05, 4.69) is 20.4 Å². The third-order valence-electron chi connectivity index (χ3n) is 4.27. The lowest BCUT2D eigenvalue weighted by molar-refractivity contribution is -0.152. The van der Waals surface area contributed by atoms with Gasteiger partial charge < -0.3 is 10.1 Å². The number of esters is 1. The summed E-state index contributed by atoms with van der Waals surface area (Å²) in [5.74, 6) is -0.408. The summed E-state index contributed by atoms with van der Waals surface area (Å²) < 4.78 is 6.87. The van der Waals surface area contributed by atoms with E-state index in [0.29, 0.717) is 22.7 Å². The van der Waals surface area contributed by atoms with E-state index < -0.39 is 12.1 Å². The van der Waals surface area contributed by atoms with Crippen molar-refractivity contribution in [3.63, 3.8) is 0 Å². The van der Waals surface area contributed by atoms with Gasteiger partial charge >= 0.3 is 5.97 Å². The molecular weight excluding hydrogens is 346 g/mol. The van der Waals surface area contributed by atoms with E-state index in [4.69, 9.17) is 4.74 Å². The third kappa shape index (κ3) is 4.11. The predicted molar refractivity (Wildman–Crippen MR) is 99.3 cm³/mol. The normalized spacial score (nSPS) is 12.0. The monoisotopic (exact) mass is 367 g/mol. The van der Waals surface area contributed by atoms with Gasteiger partial charge in [-0.15, -0.1) is 0 Å². The molecule has 8 heteroatoms. The number of fused-ring (bicyclic) bond motifs is 1. The molecule has 2 heterocycles. The van der Waals surface area contributed by atoms with Crippen molar-refractivity contribution in [2.24, 2.45) is 0 Å². The molecule has 0 bridgehead atoms. The van der Waals surface area contributed by atoms with E-state index >= 15 is 0 Å². The molecule has 0 aliphatic rings. The van der Waals surface area contributed by atoms with Crippen LogP contribution in [0.4, 0.5) is 5.69 Å². The standard InChI is InChI=1S/C19H21N5O3/c1-11-6-5-7-15(8-11)23-18(26)14(4)27-17(25)9-16-12(2)22-19-20-10-21-24(19)13(16)3/h5-8,10,14H,9H2,1-4H3,(H,23,26)/t14-/m0/s1. The molecule has 8 nitrogen and oxygen atoms in total. The average molecular weight is 367 g/mol. The molecule has 1 aromatic carbocycles. The van der Waals surface area contributed by atoms with Crippen molar-refractivity contribution < 1.29 is 14.3 Å². The van der Waals surface area contributed by atoms with Crippen LogP contribution in [0.1, 0.15) is 29.4 Å². The molecule has 0 aliphatic carbocycles. The van der Waals surface area contributed by atoms with E-state index in [1.165, 1.54) is 6.33 Å². The van der Waals surface area contributed by atoms with Crippen molar-refractivity contribution in [3.8, 4) is 0 Å². The van der Waals surface area contributed by atoms with Crippen molar-refractivity contribution in [2.75, 3.05) is 5.32 Å². The number of nitrogens with zero attached hydrogens (tertiary/aromatic N) is 4. The van der Waals surface area contributed by atoms with Gasteiger partial charge in [0.05, 0.1) is 6.42 Å². The molecule has 2 aromatic heterocycles. The molecule has 140 valence electrons. The Balaban J connectivity index is 1.66. The molecule has 0 saturated carbocycles. The molecule has 0 saturated heterocycles. The number of aromatic nitrogens is 4. The van der Waals surface area contributed by atoms with E-state index in [-0.39, 0.29) is 12.3 Å². The fourth-order valence-electron chi connectivity index (χ4n) is 2.81. The highest BCUT2D eigenvalue weighted by atomic mass is 16.5. The van der Waals surface area contributed by atoms with Gasteiger partial charge in [-0.3, -0.25) is 9.59 Å². The number of anilines is 1. The van der Waals surface area contributed by atoms with Crippen LogP contribution in [0.15, 0.2) is 30.6 Å². The molecule has 3 rings (SSSR count). The summed E-state index contributed by atoms with van der Waals surface area (Å²) in [7, 11) is 0. The topological polar surface area (TPSA) is 98.5 Å². The summed E-state index contributed by atoms with van der Waals surface area (Å²) >= 11 is 0. The lowest BCUT2D eigenvalue weighted by atomic mass is 10.1. The van der Waals surface area contributed by atoms with Crippen molar-refractivity contribution in [1.82, 2.24) is 19.6 Å². The number of rotatable bonds is 5. The Bertz CT molecular complexity index is 1010. The van der Waals surface area contributed by atoms with Crippen LogP contribution in [0, 0.1) is 20.8 Å². The van der Waals surface area contributed by atoms with Gasteiger partial charge in [0.25, 0.3) is 11.7 Å². The van der Waals surface area contributed by atoms with E-state index in [9.17, 15) is 9.59 Å². The number of aryl methyl sites for hydroxylation is 3. The number of hydrogen-bond donors (Lipinski definition) is 1. The maximum Gasteiger partial charge on any atom is 0.311 e. The van der Waals surface area contributed by atoms with Gasteiger partial charge in [-0.1, -0.05) is 12.1 Å². The van der Waals surface area contributed by atoms with Crippen LogP contribution in [0.25, 0.3) is 5.78 Å². The first-order chi connectivity index (χ1) is 12.8. The highest BCUT2D eigenvalue weighted by molar-refractivity contribution is 5.95. The fourth-order valence-corrected chi connectivity index (χ4v) is 2.81. The Morgan fingerprint density at radius 3 is 2.78 bits per heavy atom. The Morgan fingerprint density at radius 2 is 2.04 bits per heavy atom. The largest absolute Gasteiger partial charge is 0.452 e. The van der Waals surface area contributed by atoms with E-state index in [1.807, 2.05) is 32.0 Å². The van der Waals surface area contributed by atoms with Gasteiger partial charge in [-0.25, -0.2) is 9.50 Å². The molecular formula is C19H21N5O3. The third-order valence-corrected chi connectivity index (χ3v) is 4.27. The van der Waals surface area contributed by atoms with Gasteiger partial charge in [0.15, 0.2) is 6.10 Å². The zero-order valence-electron chi connectivity index (χ0n) is 15.7. The van der Waals surface area contributed by atoms with Crippen LogP contribution in [-0.4, -0.2) is 37.6 Å². The molecule has 1 amide bonds. The van der Waals surface area contributed by atoms with Crippen LogP contribution in [0.2, 0.25) is 0 Å². The first kappa shape index (κ1) is 18.5. The van der Waals surface area contributed by atoms with Gasteiger partial charge in [-0.05, 0) is 45.4 Å². The first-order valence-electron chi connectivity index (χ1n) is 8.58. The van der Waals surface area contributed by atoms with Crippen molar-refractivity contribution in [3.05, 3.63) is 53.1 Å². The molecule has 1 N–H and O–H groups in total. The average Bonchev–Trinajstić information content (AvgIpc) is 3.07. The molecule has 0 unspecified atom stereocenters. The summed E-state index contributed by atoms with van der Waals surface area (Å²) in [6.07, 6.45) is 0.499. The second kappa shape index (κ2) is 7.53. The quantitative estimate of drug-likeness (QED) is 0.694.